The Kier molecular flexibility index (Phi) is 6.70. The standard InChI is InChI=1S/C16H19F3N4O3/c1-3-25-14(26-4-2)10-23-9-13(21-22-23)15(24)20-12-7-5-6-11(8-12)16(17,18)19/h5-9,14H,3-4,10H2,1-2H3,(H,20,24). The molecule has 0 bridgehead atoms. The van der Waals surface area contributed by atoms with Gasteiger partial charge >= 0.3 is 6.18 Å². The first-order valence-electron chi connectivity index (χ1n) is 7.95. The highest BCUT2D eigenvalue weighted by molar-refractivity contribution is 6.02. The summed E-state index contributed by atoms with van der Waals surface area (Å²) < 4.78 is 50.3. The van der Waals surface area contributed by atoms with Crippen molar-refractivity contribution in [3.8, 4) is 0 Å². The maximum Gasteiger partial charge on any atom is 0.416 e. The van der Waals surface area contributed by atoms with E-state index < -0.39 is 23.9 Å². The fourth-order valence-electron chi connectivity index (χ4n) is 2.14. The van der Waals surface area contributed by atoms with E-state index in [4.69, 9.17) is 9.47 Å². The third-order valence-electron chi connectivity index (χ3n) is 3.26. The van der Waals surface area contributed by atoms with Gasteiger partial charge in [0, 0.05) is 18.9 Å². The predicted molar refractivity (Wildman–Crippen MR) is 86.5 cm³/mol. The largest absolute Gasteiger partial charge is 0.416 e. The smallest absolute Gasteiger partial charge is 0.351 e. The lowest BCUT2D eigenvalue weighted by Gasteiger charge is -2.16. The molecule has 0 aliphatic carbocycles. The van der Waals surface area contributed by atoms with Crippen molar-refractivity contribution < 1.29 is 27.4 Å². The Bertz CT molecular complexity index is 728. The normalized spacial score (nSPS) is 11.8. The molecule has 0 fully saturated rings. The molecule has 142 valence electrons. The summed E-state index contributed by atoms with van der Waals surface area (Å²) in [5.74, 6) is -0.667. The summed E-state index contributed by atoms with van der Waals surface area (Å²) in [5, 5.41) is 9.90. The fourth-order valence-corrected chi connectivity index (χ4v) is 2.14. The lowest BCUT2D eigenvalue weighted by Crippen LogP contribution is -2.24. The summed E-state index contributed by atoms with van der Waals surface area (Å²) in [6.07, 6.45) is -3.66. The first-order valence-corrected chi connectivity index (χ1v) is 7.95. The van der Waals surface area contributed by atoms with E-state index >= 15 is 0 Å². The van der Waals surface area contributed by atoms with Gasteiger partial charge < -0.3 is 14.8 Å². The molecule has 1 N–H and O–H groups in total. The van der Waals surface area contributed by atoms with Gasteiger partial charge in [0.2, 0.25) is 0 Å². The van der Waals surface area contributed by atoms with Gasteiger partial charge in [-0.25, -0.2) is 4.68 Å². The van der Waals surface area contributed by atoms with Crippen LogP contribution in [0.1, 0.15) is 29.9 Å². The van der Waals surface area contributed by atoms with Crippen LogP contribution in [0.15, 0.2) is 30.5 Å². The van der Waals surface area contributed by atoms with E-state index in [9.17, 15) is 18.0 Å². The number of ether oxygens (including phenoxy) is 2. The van der Waals surface area contributed by atoms with Gasteiger partial charge in [0.15, 0.2) is 12.0 Å². The molecule has 0 aliphatic rings. The monoisotopic (exact) mass is 372 g/mol. The average Bonchev–Trinajstić information content (AvgIpc) is 3.03. The molecule has 0 saturated heterocycles. The summed E-state index contributed by atoms with van der Waals surface area (Å²) in [6.45, 7) is 4.76. The van der Waals surface area contributed by atoms with Crippen molar-refractivity contribution in [3.05, 3.63) is 41.7 Å². The van der Waals surface area contributed by atoms with E-state index in [0.29, 0.717) is 13.2 Å². The van der Waals surface area contributed by atoms with Gasteiger partial charge in [0.1, 0.15) is 0 Å². The van der Waals surface area contributed by atoms with Crippen LogP contribution in [0.25, 0.3) is 0 Å². The number of anilines is 1. The highest BCUT2D eigenvalue weighted by Gasteiger charge is 2.30. The maximum atomic E-state index is 12.7. The second-order valence-electron chi connectivity index (χ2n) is 5.20. The van der Waals surface area contributed by atoms with Gasteiger partial charge in [-0.1, -0.05) is 11.3 Å². The highest BCUT2D eigenvalue weighted by Crippen LogP contribution is 2.30. The summed E-state index contributed by atoms with van der Waals surface area (Å²) in [7, 11) is 0. The van der Waals surface area contributed by atoms with Crippen LogP contribution in [-0.2, 0) is 22.2 Å². The van der Waals surface area contributed by atoms with Crippen LogP contribution >= 0.6 is 0 Å². The second kappa shape index (κ2) is 8.77. The summed E-state index contributed by atoms with van der Waals surface area (Å²) in [5.41, 5.74) is -0.870. The van der Waals surface area contributed by atoms with Crippen molar-refractivity contribution >= 4 is 11.6 Å². The molecule has 1 amide bonds. The van der Waals surface area contributed by atoms with Crippen molar-refractivity contribution in [1.29, 1.82) is 0 Å². The van der Waals surface area contributed by atoms with E-state index in [1.54, 1.807) is 0 Å². The van der Waals surface area contributed by atoms with Crippen molar-refractivity contribution in [3.63, 3.8) is 0 Å². The minimum absolute atomic E-state index is 0.0147. The first kappa shape index (κ1) is 19.9. The summed E-state index contributed by atoms with van der Waals surface area (Å²) >= 11 is 0. The quantitative estimate of drug-likeness (QED) is 0.721. The Labute approximate surface area is 148 Å². The molecule has 0 aliphatic heterocycles. The van der Waals surface area contributed by atoms with Crippen LogP contribution in [0.4, 0.5) is 18.9 Å². The zero-order valence-electron chi connectivity index (χ0n) is 14.3. The van der Waals surface area contributed by atoms with E-state index in [1.165, 1.54) is 23.0 Å². The van der Waals surface area contributed by atoms with E-state index in [1.807, 2.05) is 13.8 Å². The third kappa shape index (κ3) is 5.53. The average molecular weight is 372 g/mol. The van der Waals surface area contributed by atoms with E-state index in [-0.39, 0.29) is 17.9 Å². The Morgan fingerprint density at radius 2 is 1.96 bits per heavy atom. The number of carbonyl (C=O) groups is 1. The minimum Gasteiger partial charge on any atom is -0.351 e. The molecule has 2 rings (SSSR count). The lowest BCUT2D eigenvalue weighted by molar-refractivity contribution is -0.145. The summed E-state index contributed by atoms with van der Waals surface area (Å²) in [4.78, 5) is 12.2. The van der Waals surface area contributed by atoms with Crippen molar-refractivity contribution in [1.82, 2.24) is 15.0 Å². The molecule has 10 heteroatoms. The molecule has 0 unspecified atom stereocenters. The molecule has 0 radical (unpaired) electrons. The number of nitrogens with one attached hydrogen (secondary N) is 1. The first-order chi connectivity index (χ1) is 12.3. The summed E-state index contributed by atoms with van der Waals surface area (Å²) in [6, 6.07) is 4.35. The van der Waals surface area contributed by atoms with Gasteiger partial charge in [0.25, 0.3) is 5.91 Å². The topological polar surface area (TPSA) is 78.3 Å². The van der Waals surface area contributed by atoms with Crippen molar-refractivity contribution in [2.75, 3.05) is 18.5 Å². The number of benzene rings is 1. The number of hydrogen-bond donors (Lipinski definition) is 1. The van der Waals surface area contributed by atoms with Crippen LogP contribution in [0.2, 0.25) is 0 Å². The number of aromatic nitrogens is 3. The Morgan fingerprint density at radius 3 is 2.58 bits per heavy atom. The number of rotatable bonds is 8. The number of amides is 1. The number of hydrogen-bond acceptors (Lipinski definition) is 5. The van der Waals surface area contributed by atoms with Crippen LogP contribution in [0.3, 0.4) is 0 Å². The van der Waals surface area contributed by atoms with Gasteiger partial charge in [-0.15, -0.1) is 5.10 Å². The van der Waals surface area contributed by atoms with Crippen LogP contribution in [0, 0.1) is 0 Å². The number of halogens is 3. The van der Waals surface area contributed by atoms with Crippen LogP contribution in [0.5, 0.6) is 0 Å². The maximum absolute atomic E-state index is 12.7. The number of nitrogens with zero attached hydrogens (tertiary/aromatic N) is 3. The van der Waals surface area contributed by atoms with E-state index in [0.717, 1.165) is 12.1 Å². The molecule has 1 aromatic heterocycles. The Balaban J connectivity index is 2.04. The second-order valence-corrected chi connectivity index (χ2v) is 5.20. The third-order valence-corrected chi connectivity index (χ3v) is 3.26. The highest BCUT2D eigenvalue weighted by atomic mass is 19.4. The number of alkyl halides is 3. The molecular formula is C16H19F3N4O3. The van der Waals surface area contributed by atoms with Crippen LogP contribution < -0.4 is 5.32 Å². The van der Waals surface area contributed by atoms with Gasteiger partial charge in [-0.3, -0.25) is 4.79 Å². The molecule has 0 saturated carbocycles. The molecular weight excluding hydrogens is 353 g/mol. The molecule has 7 nitrogen and oxygen atoms in total. The molecule has 1 heterocycles. The van der Waals surface area contributed by atoms with Crippen molar-refractivity contribution in [2.45, 2.75) is 32.9 Å². The number of carbonyl (C=O) groups excluding carboxylic acids is 1. The molecule has 0 atom stereocenters. The van der Waals surface area contributed by atoms with Gasteiger partial charge in [-0.05, 0) is 32.0 Å². The minimum atomic E-state index is -4.49. The molecule has 1 aromatic carbocycles. The fraction of sp³-hybridized carbons (Fsp3) is 0.438. The Hall–Kier alpha value is -2.46. The molecule has 2 aromatic rings. The zero-order valence-corrected chi connectivity index (χ0v) is 14.3. The SMILES string of the molecule is CCOC(Cn1cc(C(=O)Nc2cccc(C(F)(F)F)c2)nn1)OCC. The van der Waals surface area contributed by atoms with Crippen LogP contribution in [-0.4, -0.2) is 40.4 Å². The molecule has 0 spiro atoms. The Morgan fingerprint density at radius 1 is 1.27 bits per heavy atom. The molecule has 26 heavy (non-hydrogen) atoms. The van der Waals surface area contributed by atoms with Gasteiger partial charge in [0.05, 0.1) is 18.3 Å². The lowest BCUT2D eigenvalue weighted by atomic mass is 10.2. The van der Waals surface area contributed by atoms with Crippen molar-refractivity contribution in [2.24, 2.45) is 0 Å². The zero-order chi connectivity index (χ0) is 19.2. The van der Waals surface area contributed by atoms with E-state index in [2.05, 4.69) is 15.6 Å². The predicted octanol–water partition coefficient (Wildman–Crippen LogP) is 2.95. The van der Waals surface area contributed by atoms with Gasteiger partial charge in [-0.2, -0.15) is 13.2 Å².